The lowest BCUT2D eigenvalue weighted by Gasteiger charge is -2.62. The molecule has 0 saturated carbocycles. The maximum Gasteiger partial charge on any atom is 0.269 e. The van der Waals surface area contributed by atoms with Gasteiger partial charge in [-0.25, -0.2) is 0 Å². The molecule has 6 aromatic carbocycles. The van der Waals surface area contributed by atoms with Crippen molar-refractivity contribution in [1.29, 1.82) is 0 Å². The van der Waals surface area contributed by atoms with Crippen molar-refractivity contribution in [2.45, 2.75) is 71.9 Å². The topological polar surface area (TPSA) is 111 Å². The Kier molecular flexibility index (Phi) is 8.86. The zero-order valence-electron chi connectivity index (χ0n) is 33.6. The molecule has 8 nitrogen and oxygen atoms in total. The minimum absolute atomic E-state index is 0.0201. The van der Waals surface area contributed by atoms with Crippen LogP contribution in [0.3, 0.4) is 0 Å². The summed E-state index contributed by atoms with van der Waals surface area (Å²) in [5, 5.41) is 22.9. The zero-order valence-corrected chi connectivity index (χ0v) is 35.2. The molecular weight excluding hydrogens is 785 g/mol. The second kappa shape index (κ2) is 13.9. The first kappa shape index (κ1) is 38.4. The highest BCUT2D eigenvalue weighted by Crippen LogP contribution is 2.68. The smallest absolute Gasteiger partial charge is 0.269 e. The van der Waals surface area contributed by atoms with Crippen molar-refractivity contribution in [3.05, 3.63) is 221 Å². The number of hydrogen-bond acceptors (Lipinski definition) is 8. The molecule has 0 spiro atoms. The van der Waals surface area contributed by atoms with E-state index in [1.165, 1.54) is 68.8 Å². The first-order valence-electron chi connectivity index (χ1n) is 20.2. The van der Waals surface area contributed by atoms with Crippen LogP contribution in [0.1, 0.15) is 83.3 Å². The summed E-state index contributed by atoms with van der Waals surface area (Å²) in [5.41, 5.74) is 10.4. The quantitative estimate of drug-likeness (QED) is 0.0621. The number of hydrogen-bond donors (Lipinski definition) is 0. The number of benzene rings is 6. The van der Waals surface area contributed by atoms with Crippen LogP contribution in [0.25, 0.3) is 0 Å². The van der Waals surface area contributed by atoms with E-state index in [0.29, 0.717) is 0 Å². The number of aliphatic imine (C=N–C) groups is 2. The van der Waals surface area contributed by atoms with E-state index in [0.717, 1.165) is 11.1 Å². The standard InChI is InChI=1S/C50H42N4O4S2/c1-47-35-13-5-9-17-39(35)49(3,40-18-10-6-14-36(40)47)45(43(47)51-29-31-21-25-33(26-22-31)53(55)56)59-60-46-44(52-30-32-23-27-34(28-24-32)54(57)58)48(2)37-15-7-11-19-41(37)50(46,4)42-20-12-8-16-38(42)48/h5-30,43-46H,1-4H3/t43-,44-,45+,46+,47?,48?,49?,50?/m1/s1. The number of fused-ring (bicyclic) bond motifs is 2. The summed E-state index contributed by atoms with van der Waals surface area (Å²) in [6.07, 6.45) is 3.81. The van der Waals surface area contributed by atoms with E-state index in [2.05, 4.69) is 125 Å². The highest BCUT2D eigenvalue weighted by Gasteiger charge is 2.65. The van der Waals surface area contributed by atoms with Crippen molar-refractivity contribution in [3.8, 4) is 0 Å². The van der Waals surface area contributed by atoms with Crippen LogP contribution in [0.15, 0.2) is 156 Å². The highest BCUT2D eigenvalue weighted by atomic mass is 33.1. The Morgan fingerprint density at radius 3 is 0.933 bits per heavy atom. The van der Waals surface area contributed by atoms with Crippen molar-refractivity contribution in [3.63, 3.8) is 0 Å². The van der Waals surface area contributed by atoms with Crippen molar-refractivity contribution < 1.29 is 9.85 Å². The van der Waals surface area contributed by atoms with Gasteiger partial charge in [-0.3, -0.25) is 30.2 Å². The molecule has 0 unspecified atom stereocenters. The molecule has 0 aliphatic heterocycles. The molecule has 6 aromatic rings. The number of nitro groups is 2. The second-order valence-corrected chi connectivity index (χ2v) is 19.7. The van der Waals surface area contributed by atoms with Gasteiger partial charge in [0.25, 0.3) is 11.4 Å². The number of nitrogens with zero attached hydrogens (tertiary/aromatic N) is 4. The summed E-state index contributed by atoms with van der Waals surface area (Å²) < 4.78 is 0. The van der Waals surface area contributed by atoms with Gasteiger partial charge in [-0.15, -0.1) is 0 Å². The Hall–Kier alpha value is -5.84. The van der Waals surface area contributed by atoms with Gasteiger partial charge >= 0.3 is 0 Å². The maximum absolute atomic E-state index is 11.5. The summed E-state index contributed by atoms with van der Waals surface area (Å²) in [4.78, 5) is 33.3. The first-order valence-corrected chi connectivity index (χ1v) is 22.5. The fraction of sp³-hybridized carbons (Fsp3) is 0.240. The molecule has 0 aromatic heterocycles. The van der Waals surface area contributed by atoms with Crippen LogP contribution in [0.2, 0.25) is 0 Å². The van der Waals surface area contributed by atoms with Gasteiger partial charge in [-0.05, 0) is 93.7 Å². The van der Waals surface area contributed by atoms with Crippen molar-refractivity contribution in [2.75, 3.05) is 0 Å². The lowest BCUT2D eigenvalue weighted by molar-refractivity contribution is -0.385. The van der Waals surface area contributed by atoms with Gasteiger partial charge in [0.05, 0.1) is 32.4 Å². The van der Waals surface area contributed by atoms with Crippen LogP contribution in [0.4, 0.5) is 11.4 Å². The van der Waals surface area contributed by atoms with E-state index < -0.39 is 21.7 Å². The largest absolute Gasteiger partial charge is 0.287 e. The lowest BCUT2D eigenvalue weighted by atomic mass is 9.48. The molecular formula is C50H42N4O4S2. The van der Waals surface area contributed by atoms with Gasteiger partial charge in [0.2, 0.25) is 0 Å². The van der Waals surface area contributed by atoms with Gasteiger partial charge in [-0.1, -0.05) is 132 Å². The summed E-state index contributed by atoms with van der Waals surface area (Å²) in [6, 6.07) is 48.3. The monoisotopic (exact) mass is 826 g/mol. The molecule has 0 radical (unpaired) electrons. The van der Waals surface area contributed by atoms with Crippen molar-refractivity contribution in [2.24, 2.45) is 9.98 Å². The third-order valence-electron chi connectivity index (χ3n) is 14.3. The fourth-order valence-electron chi connectivity index (χ4n) is 11.2. The van der Waals surface area contributed by atoms with Crippen LogP contribution >= 0.6 is 21.6 Å². The van der Waals surface area contributed by atoms with Crippen molar-refractivity contribution >= 4 is 45.4 Å². The van der Waals surface area contributed by atoms with E-state index in [9.17, 15) is 20.2 Å². The van der Waals surface area contributed by atoms with E-state index in [1.807, 2.05) is 34.0 Å². The Bertz CT molecular complexity index is 2500. The minimum atomic E-state index is -0.464. The number of rotatable bonds is 9. The highest BCUT2D eigenvalue weighted by molar-refractivity contribution is 8.77. The molecule has 4 atom stereocenters. The number of nitro benzene ring substituents is 2. The lowest BCUT2D eigenvalue weighted by Crippen LogP contribution is -2.63. The van der Waals surface area contributed by atoms with Gasteiger partial charge in [0.15, 0.2) is 0 Å². The molecule has 0 saturated heterocycles. The van der Waals surface area contributed by atoms with Crippen LogP contribution in [-0.2, 0) is 21.7 Å². The summed E-state index contributed by atoms with van der Waals surface area (Å²) in [7, 11) is 3.85. The number of non-ortho nitro benzene ring substituents is 2. The molecule has 0 amide bonds. The summed E-state index contributed by atoms with van der Waals surface area (Å²) in [6.45, 7) is 9.46. The van der Waals surface area contributed by atoms with Gasteiger partial charge in [0, 0.05) is 58.4 Å². The molecule has 0 N–H and O–H groups in total. The maximum atomic E-state index is 11.5. The van der Waals surface area contributed by atoms with Crippen LogP contribution in [0.5, 0.6) is 0 Å². The van der Waals surface area contributed by atoms with Crippen molar-refractivity contribution in [1.82, 2.24) is 0 Å². The SMILES string of the molecule is CC12c3ccccc3C(C)(c3ccccc31)[C@@H](SS[C@H]1[C@@H](N=Cc3ccc([N+](=O)[O-])cc3)C3(C)c4ccccc4C1(C)c1ccccc13)[C@H]2N=Cc1ccc([N+](=O)[O-])cc1. The minimum Gasteiger partial charge on any atom is -0.287 e. The average molecular weight is 827 g/mol. The van der Waals surface area contributed by atoms with E-state index in [4.69, 9.17) is 9.98 Å². The van der Waals surface area contributed by atoms with Gasteiger partial charge in [0.1, 0.15) is 0 Å². The van der Waals surface area contributed by atoms with Crippen LogP contribution in [-0.4, -0.2) is 44.9 Å². The second-order valence-electron chi connectivity index (χ2n) is 17.2. The molecule has 298 valence electrons. The third-order valence-corrected chi connectivity index (χ3v) is 17.9. The summed E-state index contributed by atoms with van der Waals surface area (Å²) in [5.74, 6) is 0. The van der Waals surface area contributed by atoms with E-state index in [1.54, 1.807) is 24.3 Å². The van der Waals surface area contributed by atoms with Crippen LogP contribution in [0, 0.1) is 20.2 Å². The normalized spacial score (nSPS) is 29.2. The average Bonchev–Trinajstić information content (AvgIpc) is 3.27. The Morgan fingerprint density at radius 2 is 0.683 bits per heavy atom. The molecule has 4 bridgehead atoms. The van der Waals surface area contributed by atoms with Gasteiger partial charge < -0.3 is 0 Å². The van der Waals surface area contributed by atoms with Crippen LogP contribution < -0.4 is 0 Å². The van der Waals surface area contributed by atoms with E-state index in [-0.39, 0.29) is 43.8 Å². The third kappa shape index (κ3) is 5.26. The predicted molar refractivity (Wildman–Crippen MR) is 243 cm³/mol. The Balaban J connectivity index is 1.13. The molecule has 0 fully saturated rings. The Labute approximate surface area is 357 Å². The first-order chi connectivity index (χ1) is 28.9. The molecule has 0 heterocycles. The molecule has 6 aliphatic rings. The molecule has 12 rings (SSSR count). The molecule has 10 heteroatoms. The fourth-order valence-corrected chi connectivity index (χ4v) is 15.7. The molecule has 6 aliphatic carbocycles. The van der Waals surface area contributed by atoms with Gasteiger partial charge in [-0.2, -0.15) is 0 Å². The zero-order chi connectivity index (χ0) is 41.6. The molecule has 60 heavy (non-hydrogen) atoms. The summed E-state index contributed by atoms with van der Waals surface area (Å²) >= 11 is 0. The Morgan fingerprint density at radius 1 is 0.433 bits per heavy atom. The van der Waals surface area contributed by atoms with E-state index >= 15 is 0 Å². The predicted octanol–water partition coefficient (Wildman–Crippen LogP) is 11.2.